The number of nitrogens with zero attached hydrogens (tertiary/aromatic N) is 1. The average molecular weight is 358 g/mol. The third-order valence-corrected chi connectivity index (χ3v) is 3.72. The van der Waals surface area contributed by atoms with Gasteiger partial charge in [-0.3, -0.25) is 4.79 Å². The van der Waals surface area contributed by atoms with E-state index in [2.05, 4.69) is 5.32 Å². The minimum Gasteiger partial charge on any atom is -0.489 e. The molecule has 3 rings (SSSR count). The van der Waals surface area contributed by atoms with Crippen molar-refractivity contribution < 1.29 is 14.3 Å². The molecular weight excluding hydrogens is 340 g/mol. The zero-order valence-corrected chi connectivity index (χ0v) is 14.6. The van der Waals surface area contributed by atoms with E-state index in [1.165, 1.54) is 0 Å². The van der Waals surface area contributed by atoms with Gasteiger partial charge in [-0.2, -0.15) is 5.26 Å². The second-order valence-electron chi connectivity index (χ2n) is 5.78. The van der Waals surface area contributed by atoms with Gasteiger partial charge >= 0.3 is 0 Å². The number of anilines is 1. The predicted octanol–water partition coefficient (Wildman–Crippen LogP) is 4.15. The van der Waals surface area contributed by atoms with Gasteiger partial charge in [0.1, 0.15) is 18.1 Å². The minimum atomic E-state index is -0.297. The van der Waals surface area contributed by atoms with Gasteiger partial charge in [0.15, 0.2) is 6.61 Å². The number of amides is 1. The molecule has 134 valence electrons. The lowest BCUT2D eigenvalue weighted by Crippen LogP contribution is -2.20. The minimum absolute atomic E-state index is 0.124. The van der Waals surface area contributed by atoms with Gasteiger partial charge < -0.3 is 14.8 Å². The van der Waals surface area contributed by atoms with Crippen LogP contribution in [-0.4, -0.2) is 12.5 Å². The number of nitrogens with one attached hydrogen (secondary N) is 1. The fraction of sp³-hybridized carbons (Fsp3) is 0.0909. The first kappa shape index (κ1) is 18.0. The second-order valence-corrected chi connectivity index (χ2v) is 5.78. The van der Waals surface area contributed by atoms with Crippen molar-refractivity contribution in [3.8, 4) is 17.6 Å². The highest BCUT2D eigenvalue weighted by Gasteiger charge is 2.05. The molecule has 0 aromatic heterocycles. The Hall–Kier alpha value is -3.78. The summed E-state index contributed by atoms with van der Waals surface area (Å²) in [5, 5.41) is 11.6. The fourth-order valence-electron chi connectivity index (χ4n) is 2.39. The predicted molar refractivity (Wildman–Crippen MR) is 102 cm³/mol. The van der Waals surface area contributed by atoms with E-state index < -0.39 is 0 Å². The number of hydrogen-bond donors (Lipinski definition) is 1. The molecule has 0 radical (unpaired) electrons. The SMILES string of the molecule is N#Cc1cccc(NC(=O)COc2ccc(OCc3ccccc3)cc2)c1. The van der Waals surface area contributed by atoms with Crippen molar-refractivity contribution in [2.45, 2.75) is 6.61 Å². The average Bonchev–Trinajstić information content (AvgIpc) is 2.72. The number of benzene rings is 3. The first-order valence-corrected chi connectivity index (χ1v) is 8.42. The lowest BCUT2D eigenvalue weighted by Gasteiger charge is -2.09. The van der Waals surface area contributed by atoms with Crippen LogP contribution in [0.4, 0.5) is 5.69 Å². The molecule has 5 heteroatoms. The topological polar surface area (TPSA) is 71.4 Å². The first-order chi connectivity index (χ1) is 13.2. The van der Waals surface area contributed by atoms with Crippen LogP contribution in [0.3, 0.4) is 0 Å². The van der Waals surface area contributed by atoms with Crippen LogP contribution in [0, 0.1) is 11.3 Å². The Morgan fingerprint density at radius 3 is 2.30 bits per heavy atom. The van der Waals surface area contributed by atoms with E-state index in [1.807, 2.05) is 36.4 Å². The zero-order valence-electron chi connectivity index (χ0n) is 14.6. The van der Waals surface area contributed by atoms with E-state index in [0.717, 1.165) is 11.3 Å². The van der Waals surface area contributed by atoms with Crippen LogP contribution in [0.25, 0.3) is 0 Å². The van der Waals surface area contributed by atoms with E-state index in [1.54, 1.807) is 48.5 Å². The van der Waals surface area contributed by atoms with E-state index in [-0.39, 0.29) is 12.5 Å². The van der Waals surface area contributed by atoms with Crippen LogP contribution >= 0.6 is 0 Å². The Balaban J connectivity index is 1.46. The summed E-state index contributed by atoms with van der Waals surface area (Å²) >= 11 is 0. The van der Waals surface area contributed by atoms with Crippen LogP contribution in [0.1, 0.15) is 11.1 Å². The zero-order chi connectivity index (χ0) is 18.9. The maximum absolute atomic E-state index is 12.0. The molecule has 0 fully saturated rings. The molecule has 3 aromatic carbocycles. The highest BCUT2D eigenvalue weighted by Crippen LogP contribution is 2.19. The Kier molecular flexibility index (Phi) is 6.05. The summed E-state index contributed by atoms with van der Waals surface area (Å²) in [5.41, 5.74) is 2.14. The standard InChI is InChI=1S/C22H18N2O3/c23-14-18-7-4-8-19(13-18)24-22(25)16-27-21-11-9-20(10-12-21)26-15-17-5-2-1-3-6-17/h1-13H,15-16H2,(H,24,25). The van der Waals surface area contributed by atoms with Crippen molar-refractivity contribution in [2.75, 3.05) is 11.9 Å². The normalized spacial score (nSPS) is 9.89. The maximum atomic E-state index is 12.0. The largest absolute Gasteiger partial charge is 0.489 e. The summed E-state index contributed by atoms with van der Waals surface area (Å²) in [7, 11) is 0. The lowest BCUT2D eigenvalue weighted by molar-refractivity contribution is -0.118. The second kappa shape index (κ2) is 9.07. The Labute approximate surface area is 157 Å². The van der Waals surface area contributed by atoms with Gasteiger partial charge in [-0.05, 0) is 48.0 Å². The summed E-state index contributed by atoms with van der Waals surface area (Å²) in [6.07, 6.45) is 0. The van der Waals surface area contributed by atoms with E-state index >= 15 is 0 Å². The van der Waals surface area contributed by atoms with Gasteiger partial charge in [0.2, 0.25) is 0 Å². The number of nitriles is 1. The number of ether oxygens (including phenoxy) is 2. The summed E-state index contributed by atoms with van der Waals surface area (Å²) in [5.74, 6) is 1.00. The smallest absolute Gasteiger partial charge is 0.262 e. The molecule has 27 heavy (non-hydrogen) atoms. The van der Waals surface area contributed by atoms with Crippen LogP contribution in [0.15, 0.2) is 78.9 Å². The van der Waals surface area contributed by atoms with Crippen molar-refractivity contribution in [1.29, 1.82) is 5.26 Å². The van der Waals surface area contributed by atoms with Gasteiger partial charge in [0.25, 0.3) is 5.91 Å². The number of carbonyl (C=O) groups excluding carboxylic acids is 1. The number of carbonyl (C=O) groups is 1. The summed E-state index contributed by atoms with van der Waals surface area (Å²) in [6.45, 7) is 0.367. The van der Waals surface area contributed by atoms with Gasteiger partial charge in [-0.1, -0.05) is 36.4 Å². The molecule has 0 unspecified atom stereocenters. The van der Waals surface area contributed by atoms with Crippen molar-refractivity contribution in [2.24, 2.45) is 0 Å². The number of rotatable bonds is 7. The summed E-state index contributed by atoms with van der Waals surface area (Å²) in [4.78, 5) is 12.0. The molecule has 5 nitrogen and oxygen atoms in total. The lowest BCUT2D eigenvalue weighted by atomic mass is 10.2. The molecule has 0 bridgehead atoms. The molecule has 0 aliphatic heterocycles. The van der Waals surface area contributed by atoms with Crippen molar-refractivity contribution in [3.63, 3.8) is 0 Å². The molecule has 1 N–H and O–H groups in total. The molecule has 0 aliphatic carbocycles. The van der Waals surface area contributed by atoms with Crippen LogP contribution in [0.5, 0.6) is 11.5 Å². The van der Waals surface area contributed by atoms with Crippen molar-refractivity contribution in [3.05, 3.63) is 90.0 Å². The molecule has 3 aromatic rings. The Morgan fingerprint density at radius 1 is 0.889 bits per heavy atom. The van der Waals surface area contributed by atoms with Gasteiger partial charge in [-0.15, -0.1) is 0 Å². The third kappa shape index (κ3) is 5.62. The Bertz CT molecular complexity index is 932. The quantitative estimate of drug-likeness (QED) is 0.688. The van der Waals surface area contributed by atoms with Gasteiger partial charge in [0.05, 0.1) is 11.6 Å². The first-order valence-electron chi connectivity index (χ1n) is 8.42. The van der Waals surface area contributed by atoms with Crippen LogP contribution < -0.4 is 14.8 Å². The molecular formula is C22H18N2O3. The molecule has 0 atom stereocenters. The van der Waals surface area contributed by atoms with E-state index in [0.29, 0.717) is 23.6 Å². The van der Waals surface area contributed by atoms with Crippen LogP contribution in [0.2, 0.25) is 0 Å². The maximum Gasteiger partial charge on any atom is 0.262 e. The summed E-state index contributed by atoms with van der Waals surface area (Å²) < 4.78 is 11.2. The van der Waals surface area contributed by atoms with Crippen molar-refractivity contribution in [1.82, 2.24) is 0 Å². The molecule has 1 amide bonds. The highest BCUT2D eigenvalue weighted by atomic mass is 16.5. The van der Waals surface area contributed by atoms with Crippen LogP contribution in [-0.2, 0) is 11.4 Å². The Morgan fingerprint density at radius 2 is 1.59 bits per heavy atom. The molecule has 0 aliphatic rings. The third-order valence-electron chi connectivity index (χ3n) is 3.72. The van der Waals surface area contributed by atoms with E-state index in [9.17, 15) is 4.79 Å². The molecule has 0 spiro atoms. The summed E-state index contributed by atoms with van der Waals surface area (Å²) in [6, 6.07) is 25.8. The van der Waals surface area contributed by atoms with Gasteiger partial charge in [0, 0.05) is 5.69 Å². The fourth-order valence-corrected chi connectivity index (χ4v) is 2.39. The highest BCUT2D eigenvalue weighted by molar-refractivity contribution is 5.92. The molecule has 0 saturated heterocycles. The molecule has 0 saturated carbocycles. The molecule has 0 heterocycles. The number of hydrogen-bond acceptors (Lipinski definition) is 4. The van der Waals surface area contributed by atoms with E-state index in [4.69, 9.17) is 14.7 Å². The monoisotopic (exact) mass is 358 g/mol. The van der Waals surface area contributed by atoms with Crippen molar-refractivity contribution >= 4 is 11.6 Å². The van der Waals surface area contributed by atoms with Gasteiger partial charge in [-0.25, -0.2) is 0 Å².